The molecule has 0 aliphatic rings. The van der Waals surface area contributed by atoms with Gasteiger partial charge in [0.15, 0.2) is 0 Å². The third-order valence-electron chi connectivity index (χ3n) is 2.68. The van der Waals surface area contributed by atoms with E-state index in [1.807, 2.05) is 6.92 Å². The number of rotatable bonds is 6. The van der Waals surface area contributed by atoms with E-state index in [-0.39, 0.29) is 11.3 Å². The molecule has 4 N–H and O–H groups in total. The van der Waals surface area contributed by atoms with Crippen LogP contribution in [-0.4, -0.2) is 23.0 Å². The van der Waals surface area contributed by atoms with Crippen molar-refractivity contribution in [3.8, 4) is 0 Å². The number of anilines is 1. The summed E-state index contributed by atoms with van der Waals surface area (Å²) >= 11 is 0. The largest absolute Gasteiger partial charge is 0.478 e. The second-order valence-corrected chi connectivity index (χ2v) is 4.24. The second kappa shape index (κ2) is 6.84. The Balaban J connectivity index is 2.78. The molecule has 0 aliphatic heterocycles. The van der Waals surface area contributed by atoms with Crippen molar-refractivity contribution in [1.29, 1.82) is 0 Å². The van der Waals surface area contributed by atoms with Crippen LogP contribution in [0.25, 0.3) is 0 Å². The van der Waals surface area contributed by atoms with Crippen molar-refractivity contribution in [2.75, 3.05) is 5.32 Å². The molecule has 0 bridgehead atoms. The zero-order chi connectivity index (χ0) is 14.4. The van der Waals surface area contributed by atoms with E-state index in [0.29, 0.717) is 6.42 Å². The molecule has 0 aliphatic carbocycles. The topological polar surface area (TPSA) is 92.4 Å². The Kier molecular flexibility index (Phi) is 5.44. The van der Waals surface area contributed by atoms with E-state index in [1.54, 1.807) is 0 Å². The number of halogens is 1. The fourth-order valence-electron chi connectivity index (χ4n) is 1.53. The molecule has 0 spiro atoms. The first kappa shape index (κ1) is 15.1. The first-order valence-electron chi connectivity index (χ1n) is 6.05. The molecule has 6 heteroatoms. The highest BCUT2D eigenvalue weighted by atomic mass is 19.1. The van der Waals surface area contributed by atoms with Crippen LogP contribution < -0.4 is 11.1 Å². The van der Waals surface area contributed by atoms with E-state index in [2.05, 4.69) is 5.32 Å². The highest BCUT2D eigenvalue weighted by molar-refractivity contribution is 5.96. The number of hydrogen-bond acceptors (Lipinski definition) is 3. The predicted octanol–water partition coefficient (Wildman–Crippen LogP) is 1.98. The zero-order valence-corrected chi connectivity index (χ0v) is 10.6. The monoisotopic (exact) mass is 268 g/mol. The lowest BCUT2D eigenvalue weighted by Crippen LogP contribution is -2.35. The molecule has 1 amide bonds. The Morgan fingerprint density at radius 2 is 2.16 bits per heavy atom. The van der Waals surface area contributed by atoms with E-state index in [0.717, 1.165) is 31.0 Å². The molecule has 0 unspecified atom stereocenters. The normalized spacial score (nSPS) is 11.9. The van der Waals surface area contributed by atoms with Gasteiger partial charge in [-0.25, -0.2) is 9.18 Å². The number of benzene rings is 1. The molecular weight excluding hydrogens is 251 g/mol. The molecule has 0 saturated carbocycles. The van der Waals surface area contributed by atoms with E-state index >= 15 is 0 Å². The lowest BCUT2D eigenvalue weighted by molar-refractivity contribution is -0.117. The third kappa shape index (κ3) is 4.33. The van der Waals surface area contributed by atoms with Crippen molar-refractivity contribution in [2.24, 2.45) is 5.73 Å². The summed E-state index contributed by atoms with van der Waals surface area (Å²) in [6.45, 7) is 1.97. The van der Waals surface area contributed by atoms with Crippen LogP contribution in [0.2, 0.25) is 0 Å². The van der Waals surface area contributed by atoms with Gasteiger partial charge in [0.05, 0.1) is 17.3 Å². The molecule has 1 aromatic carbocycles. The van der Waals surface area contributed by atoms with Gasteiger partial charge in [0.2, 0.25) is 5.91 Å². The summed E-state index contributed by atoms with van der Waals surface area (Å²) in [6.07, 6.45) is 2.21. The van der Waals surface area contributed by atoms with Crippen LogP contribution in [0.15, 0.2) is 18.2 Å². The molecule has 0 aromatic heterocycles. The van der Waals surface area contributed by atoms with Crippen molar-refractivity contribution in [3.63, 3.8) is 0 Å². The smallest absolute Gasteiger partial charge is 0.335 e. The summed E-state index contributed by atoms with van der Waals surface area (Å²) in [6, 6.07) is 2.47. The number of carboxylic acid groups (broad SMARTS) is 1. The quantitative estimate of drug-likeness (QED) is 0.735. The molecule has 0 fully saturated rings. The molecule has 19 heavy (non-hydrogen) atoms. The number of hydrogen-bond donors (Lipinski definition) is 3. The summed E-state index contributed by atoms with van der Waals surface area (Å²) in [7, 11) is 0. The van der Waals surface area contributed by atoms with Crippen LogP contribution in [0.1, 0.15) is 36.5 Å². The Morgan fingerprint density at radius 3 is 2.74 bits per heavy atom. The van der Waals surface area contributed by atoms with Crippen LogP contribution in [-0.2, 0) is 4.79 Å². The minimum atomic E-state index is -1.19. The van der Waals surface area contributed by atoms with Crippen LogP contribution in [0.3, 0.4) is 0 Å². The standard InChI is InChI=1S/C13H17FN2O3/c1-2-3-4-10(15)12(17)16-11-7-8(13(18)19)5-6-9(11)14/h5-7,10H,2-4,15H2,1H3,(H,16,17)(H,18,19)/t10-/m0/s1. The lowest BCUT2D eigenvalue weighted by atomic mass is 10.1. The van der Waals surface area contributed by atoms with Gasteiger partial charge in [-0.1, -0.05) is 19.8 Å². The molecule has 0 radical (unpaired) electrons. The number of carboxylic acids is 1. The van der Waals surface area contributed by atoms with Gasteiger partial charge in [-0.05, 0) is 24.6 Å². The van der Waals surface area contributed by atoms with Crippen LogP contribution >= 0.6 is 0 Å². The van der Waals surface area contributed by atoms with Crippen LogP contribution in [0, 0.1) is 5.82 Å². The number of carbonyl (C=O) groups is 2. The van der Waals surface area contributed by atoms with Gasteiger partial charge in [-0.2, -0.15) is 0 Å². The number of nitrogens with one attached hydrogen (secondary N) is 1. The maximum atomic E-state index is 13.5. The number of aromatic carboxylic acids is 1. The Hall–Kier alpha value is -1.95. The zero-order valence-electron chi connectivity index (χ0n) is 10.6. The number of carbonyl (C=O) groups excluding carboxylic acids is 1. The average Bonchev–Trinajstić information content (AvgIpc) is 2.38. The molecule has 104 valence electrons. The van der Waals surface area contributed by atoms with E-state index in [4.69, 9.17) is 10.8 Å². The molecule has 5 nitrogen and oxygen atoms in total. The number of unbranched alkanes of at least 4 members (excludes halogenated alkanes) is 1. The molecular formula is C13H17FN2O3. The average molecular weight is 268 g/mol. The number of amides is 1. The predicted molar refractivity (Wildman–Crippen MR) is 69.5 cm³/mol. The van der Waals surface area contributed by atoms with Gasteiger partial charge in [-0.3, -0.25) is 4.79 Å². The minimum Gasteiger partial charge on any atom is -0.478 e. The van der Waals surface area contributed by atoms with Gasteiger partial charge < -0.3 is 16.2 Å². The summed E-state index contributed by atoms with van der Waals surface area (Å²) in [4.78, 5) is 22.5. The highest BCUT2D eigenvalue weighted by Crippen LogP contribution is 2.16. The van der Waals surface area contributed by atoms with Gasteiger partial charge in [0, 0.05) is 0 Å². The molecule has 1 atom stereocenters. The minimum absolute atomic E-state index is 0.0983. The van der Waals surface area contributed by atoms with E-state index < -0.39 is 23.7 Å². The summed E-state index contributed by atoms with van der Waals surface area (Å²) in [5, 5.41) is 11.1. The summed E-state index contributed by atoms with van der Waals surface area (Å²) in [5.74, 6) is -2.40. The van der Waals surface area contributed by atoms with E-state index in [9.17, 15) is 14.0 Å². The van der Waals surface area contributed by atoms with E-state index in [1.165, 1.54) is 0 Å². The number of nitrogens with two attached hydrogens (primary N) is 1. The van der Waals surface area contributed by atoms with Crippen LogP contribution in [0.4, 0.5) is 10.1 Å². The van der Waals surface area contributed by atoms with Crippen molar-refractivity contribution in [3.05, 3.63) is 29.6 Å². The Bertz CT molecular complexity index is 477. The first-order chi connectivity index (χ1) is 8.95. The molecule has 1 rings (SSSR count). The first-order valence-corrected chi connectivity index (χ1v) is 6.05. The van der Waals surface area contributed by atoms with Crippen molar-refractivity contribution >= 4 is 17.6 Å². The SMILES string of the molecule is CCCC[C@H](N)C(=O)Nc1cc(C(=O)O)ccc1F. The fraction of sp³-hybridized carbons (Fsp3) is 0.385. The maximum absolute atomic E-state index is 13.5. The van der Waals surface area contributed by atoms with Crippen molar-refractivity contribution in [1.82, 2.24) is 0 Å². The van der Waals surface area contributed by atoms with Gasteiger partial charge in [-0.15, -0.1) is 0 Å². The summed E-state index contributed by atoms with van der Waals surface area (Å²) in [5.41, 5.74) is 5.38. The maximum Gasteiger partial charge on any atom is 0.335 e. The molecule has 0 saturated heterocycles. The van der Waals surface area contributed by atoms with Gasteiger partial charge in [0.1, 0.15) is 5.82 Å². The van der Waals surface area contributed by atoms with Crippen molar-refractivity contribution in [2.45, 2.75) is 32.2 Å². The Labute approximate surface area is 110 Å². The second-order valence-electron chi connectivity index (χ2n) is 4.24. The van der Waals surface area contributed by atoms with Crippen LogP contribution in [0.5, 0.6) is 0 Å². The van der Waals surface area contributed by atoms with Crippen molar-refractivity contribution < 1.29 is 19.1 Å². The van der Waals surface area contributed by atoms with Gasteiger partial charge >= 0.3 is 5.97 Å². The summed E-state index contributed by atoms with van der Waals surface area (Å²) < 4.78 is 13.5. The third-order valence-corrected chi connectivity index (χ3v) is 2.68. The van der Waals surface area contributed by atoms with Gasteiger partial charge in [0.25, 0.3) is 0 Å². The molecule has 1 aromatic rings. The lowest BCUT2D eigenvalue weighted by Gasteiger charge is -2.12. The Morgan fingerprint density at radius 1 is 1.47 bits per heavy atom. The fourth-order valence-corrected chi connectivity index (χ4v) is 1.53. The molecule has 0 heterocycles. The highest BCUT2D eigenvalue weighted by Gasteiger charge is 2.16.